The Morgan fingerprint density at radius 2 is 2.27 bits per heavy atom. The van der Waals surface area contributed by atoms with Gasteiger partial charge in [-0.05, 0) is 6.08 Å². The van der Waals surface area contributed by atoms with E-state index in [9.17, 15) is 9.59 Å². The summed E-state index contributed by atoms with van der Waals surface area (Å²) in [4.78, 5) is 23.8. The van der Waals surface area contributed by atoms with E-state index in [1.165, 1.54) is 6.08 Å². The molecule has 0 saturated heterocycles. The second-order valence-corrected chi connectivity index (χ2v) is 2.31. The number of hydrogen-bond acceptors (Lipinski definition) is 3. The Morgan fingerprint density at radius 3 is 3.09 bits per heavy atom. The molecule has 11 heavy (non-hydrogen) atoms. The zero-order chi connectivity index (χ0) is 7.84. The number of carbonyl (C=O) groups excluding carboxylic acids is 1. The van der Waals surface area contributed by atoms with E-state index in [0.717, 1.165) is 0 Å². The van der Waals surface area contributed by atoms with Crippen LogP contribution >= 0.6 is 0 Å². The Labute approximate surface area is 60.8 Å². The average Bonchev–Trinajstić information content (AvgIpc) is 2.27. The molecule has 4 heteroatoms. The number of fused-ring (bicyclic) bond motifs is 1. The molecule has 0 aliphatic heterocycles. The highest BCUT2D eigenvalue weighted by molar-refractivity contribution is 6.08. The van der Waals surface area contributed by atoms with Crippen molar-refractivity contribution in [2.75, 3.05) is 0 Å². The van der Waals surface area contributed by atoms with Crippen molar-refractivity contribution in [2.24, 2.45) is 0 Å². The van der Waals surface area contributed by atoms with Crippen LogP contribution in [-0.4, -0.2) is 10.8 Å². The monoisotopic (exact) mass is 151 g/mol. The highest BCUT2D eigenvalue weighted by atomic mass is 16.4. The summed E-state index contributed by atoms with van der Waals surface area (Å²) in [5, 5.41) is 0.606. The second kappa shape index (κ2) is 1.95. The van der Waals surface area contributed by atoms with Crippen molar-refractivity contribution < 1.29 is 9.21 Å². The zero-order valence-electron chi connectivity index (χ0n) is 5.59. The normalized spacial score (nSPS) is 15.1. The number of oxazole rings is 1. The maximum Gasteiger partial charge on any atom is 0.417 e. The molecule has 0 unspecified atom stereocenters. The van der Waals surface area contributed by atoms with Crippen molar-refractivity contribution >= 4 is 17.9 Å². The van der Waals surface area contributed by atoms with Gasteiger partial charge in [-0.25, -0.2) is 4.79 Å². The molecular formula is C7H5NO3. The average molecular weight is 151 g/mol. The Bertz CT molecular complexity index is 463. The van der Waals surface area contributed by atoms with Crippen LogP contribution in [0.5, 0.6) is 0 Å². The lowest BCUT2D eigenvalue weighted by Crippen LogP contribution is -2.27. The fourth-order valence-electron chi connectivity index (χ4n) is 1.02. The summed E-state index contributed by atoms with van der Waals surface area (Å²) < 4.78 is 4.66. The summed E-state index contributed by atoms with van der Waals surface area (Å²) in [6, 6.07) is 0. The second-order valence-electron chi connectivity index (χ2n) is 2.31. The van der Waals surface area contributed by atoms with Crippen molar-refractivity contribution in [3.63, 3.8) is 0 Å². The van der Waals surface area contributed by atoms with Crippen molar-refractivity contribution in [2.45, 2.75) is 6.42 Å². The van der Waals surface area contributed by atoms with E-state index >= 15 is 0 Å². The van der Waals surface area contributed by atoms with Gasteiger partial charge in [0.05, 0.1) is 5.35 Å². The maximum atomic E-state index is 10.8. The van der Waals surface area contributed by atoms with Gasteiger partial charge in [0.15, 0.2) is 11.2 Å². The van der Waals surface area contributed by atoms with Gasteiger partial charge >= 0.3 is 5.76 Å². The minimum Gasteiger partial charge on any atom is -0.408 e. The van der Waals surface area contributed by atoms with Gasteiger partial charge in [-0.2, -0.15) is 0 Å². The van der Waals surface area contributed by atoms with Crippen molar-refractivity contribution in [3.05, 3.63) is 21.3 Å². The fourth-order valence-corrected chi connectivity index (χ4v) is 1.02. The topological polar surface area (TPSA) is 63.1 Å². The molecule has 0 amide bonds. The molecule has 0 fully saturated rings. The molecule has 0 radical (unpaired) electrons. The first-order valence-corrected chi connectivity index (χ1v) is 3.19. The molecule has 1 heterocycles. The van der Waals surface area contributed by atoms with Crippen molar-refractivity contribution in [1.82, 2.24) is 4.98 Å². The molecule has 0 bridgehead atoms. The lowest BCUT2D eigenvalue weighted by molar-refractivity contribution is -0.112. The third-order valence-electron chi connectivity index (χ3n) is 1.50. The van der Waals surface area contributed by atoms with E-state index in [4.69, 9.17) is 0 Å². The number of rotatable bonds is 0. The van der Waals surface area contributed by atoms with Gasteiger partial charge in [0.1, 0.15) is 0 Å². The van der Waals surface area contributed by atoms with Crippen LogP contribution in [0.1, 0.15) is 6.42 Å². The van der Waals surface area contributed by atoms with Gasteiger partial charge in [-0.1, -0.05) is 0 Å². The molecule has 0 spiro atoms. The molecule has 1 N–H and O–H groups in total. The third-order valence-corrected chi connectivity index (χ3v) is 1.50. The summed E-state index contributed by atoms with van der Waals surface area (Å²) in [7, 11) is 0. The number of H-pyrrole nitrogens is 1. The van der Waals surface area contributed by atoms with Crippen LogP contribution in [0.15, 0.2) is 9.21 Å². The highest BCUT2D eigenvalue weighted by Crippen LogP contribution is 1.87. The number of hydrogen-bond donors (Lipinski definition) is 1. The summed E-state index contributed by atoms with van der Waals surface area (Å²) in [6.07, 6.45) is 3.30. The van der Waals surface area contributed by atoms with Crippen molar-refractivity contribution in [1.29, 1.82) is 0 Å². The highest BCUT2D eigenvalue weighted by Gasteiger charge is 2.04. The quantitative estimate of drug-likeness (QED) is 0.491. The molecule has 0 aromatic carbocycles. The number of carbonyl (C=O) groups is 1. The summed E-state index contributed by atoms with van der Waals surface area (Å²) in [5.74, 6) is -0.558. The van der Waals surface area contributed by atoms with E-state index in [0.29, 0.717) is 17.2 Å². The SMILES string of the molecule is O=C1C=c2oc(=O)[nH]c2=CC1. The third kappa shape index (κ3) is 0.920. The largest absolute Gasteiger partial charge is 0.417 e. The van der Waals surface area contributed by atoms with Crippen LogP contribution in [0.2, 0.25) is 0 Å². The molecule has 0 atom stereocenters. The van der Waals surface area contributed by atoms with Gasteiger partial charge in [-0.15, -0.1) is 0 Å². The van der Waals surface area contributed by atoms with Gasteiger partial charge in [-0.3, -0.25) is 9.78 Å². The number of ketones is 1. The fraction of sp³-hybridized carbons (Fsp3) is 0.143. The summed E-state index contributed by atoms with van der Waals surface area (Å²) in [5.41, 5.74) is 0.339. The molecule has 56 valence electrons. The molecule has 1 aromatic heterocycles. The molecule has 4 nitrogen and oxygen atoms in total. The molecule has 1 aliphatic rings. The van der Waals surface area contributed by atoms with E-state index in [1.54, 1.807) is 6.08 Å². The predicted octanol–water partition coefficient (Wildman–Crippen LogP) is -1.50. The van der Waals surface area contributed by atoms with E-state index < -0.39 is 5.76 Å². The van der Waals surface area contributed by atoms with Gasteiger partial charge in [0.25, 0.3) is 0 Å². The van der Waals surface area contributed by atoms with Gasteiger partial charge in [0, 0.05) is 12.5 Å². The Balaban J connectivity index is 2.92. The van der Waals surface area contributed by atoms with E-state index in [-0.39, 0.29) is 5.78 Å². The molecule has 1 aliphatic carbocycles. The van der Waals surface area contributed by atoms with E-state index in [1.807, 2.05) is 0 Å². The minimum atomic E-state index is -0.516. The molecular weight excluding hydrogens is 146 g/mol. The first kappa shape index (κ1) is 6.15. The zero-order valence-corrected chi connectivity index (χ0v) is 5.59. The first-order valence-electron chi connectivity index (χ1n) is 3.19. The first-order chi connectivity index (χ1) is 5.25. The van der Waals surface area contributed by atoms with Gasteiger partial charge < -0.3 is 4.42 Å². The van der Waals surface area contributed by atoms with Crippen LogP contribution in [-0.2, 0) is 4.79 Å². The summed E-state index contributed by atoms with van der Waals surface area (Å²) in [6.45, 7) is 0. The molecule has 2 rings (SSSR count). The van der Waals surface area contributed by atoms with Crippen LogP contribution < -0.4 is 16.5 Å². The standard InChI is InChI=1S/C7H5NO3/c9-4-1-2-5-6(3-4)11-7(10)8-5/h2-3H,1H2,(H,8,10). The van der Waals surface area contributed by atoms with Crippen LogP contribution in [0.3, 0.4) is 0 Å². The Hall–Kier alpha value is -1.58. The van der Waals surface area contributed by atoms with E-state index in [2.05, 4.69) is 9.40 Å². The van der Waals surface area contributed by atoms with Crippen LogP contribution in [0.4, 0.5) is 0 Å². The lowest BCUT2D eigenvalue weighted by atomic mass is 10.2. The lowest BCUT2D eigenvalue weighted by Gasteiger charge is -1.89. The Kier molecular flexibility index (Phi) is 1.09. The number of nitrogens with one attached hydrogen (secondary N) is 1. The van der Waals surface area contributed by atoms with Crippen LogP contribution in [0, 0.1) is 0 Å². The number of aromatic nitrogens is 1. The van der Waals surface area contributed by atoms with Crippen molar-refractivity contribution in [3.8, 4) is 0 Å². The minimum absolute atomic E-state index is 0.0414. The van der Waals surface area contributed by atoms with Crippen LogP contribution in [0.25, 0.3) is 12.2 Å². The Morgan fingerprint density at radius 1 is 1.45 bits per heavy atom. The predicted molar refractivity (Wildman–Crippen MR) is 37.1 cm³/mol. The number of aromatic amines is 1. The molecule has 1 aromatic rings. The molecule has 0 saturated carbocycles. The smallest absolute Gasteiger partial charge is 0.408 e. The summed E-state index contributed by atoms with van der Waals surface area (Å²) >= 11 is 0. The van der Waals surface area contributed by atoms with Gasteiger partial charge in [0.2, 0.25) is 0 Å². The number of Topliss-reactive ketones (excluding diaryl/α,β-unsaturated/α-hetero) is 1. The maximum absolute atomic E-state index is 10.8.